The summed E-state index contributed by atoms with van der Waals surface area (Å²) in [5.74, 6) is 0.483. The van der Waals surface area contributed by atoms with E-state index in [9.17, 15) is 4.79 Å². The third-order valence-electron chi connectivity index (χ3n) is 2.19. The lowest BCUT2D eigenvalue weighted by Crippen LogP contribution is -2.12. The lowest BCUT2D eigenvalue weighted by Gasteiger charge is -2.04. The van der Waals surface area contributed by atoms with Crippen LogP contribution < -0.4 is 5.32 Å². The standard InChI is InChI=1S/C12H10INO2/c1-8-11(5-6-16-8)12(15)14-10-4-2-3-9(13)7-10/h2-7H,1H3,(H,14,15). The number of aryl methyl sites for hydroxylation is 1. The Hall–Kier alpha value is -1.30. The van der Waals surface area contributed by atoms with Gasteiger partial charge < -0.3 is 9.73 Å². The molecule has 4 heteroatoms. The number of hydrogen-bond acceptors (Lipinski definition) is 2. The maximum Gasteiger partial charge on any atom is 0.259 e. The topological polar surface area (TPSA) is 42.2 Å². The number of carbonyl (C=O) groups excluding carboxylic acids is 1. The van der Waals surface area contributed by atoms with Gasteiger partial charge in [-0.2, -0.15) is 0 Å². The van der Waals surface area contributed by atoms with E-state index in [1.54, 1.807) is 13.0 Å². The summed E-state index contributed by atoms with van der Waals surface area (Å²) in [4.78, 5) is 11.8. The Balaban J connectivity index is 2.17. The molecule has 16 heavy (non-hydrogen) atoms. The lowest BCUT2D eigenvalue weighted by molar-refractivity contribution is 0.102. The maximum atomic E-state index is 11.8. The number of nitrogens with one attached hydrogen (secondary N) is 1. The largest absolute Gasteiger partial charge is 0.469 e. The molecule has 0 fully saturated rings. The molecule has 1 N–H and O–H groups in total. The van der Waals surface area contributed by atoms with Gasteiger partial charge in [-0.3, -0.25) is 4.79 Å². The second-order valence-corrected chi connectivity index (χ2v) is 4.60. The lowest BCUT2D eigenvalue weighted by atomic mass is 10.2. The van der Waals surface area contributed by atoms with Crippen molar-refractivity contribution in [3.63, 3.8) is 0 Å². The molecule has 0 aliphatic rings. The van der Waals surface area contributed by atoms with E-state index in [1.807, 2.05) is 24.3 Å². The van der Waals surface area contributed by atoms with Crippen LogP contribution in [-0.2, 0) is 0 Å². The zero-order valence-corrected chi connectivity index (χ0v) is 10.8. The van der Waals surface area contributed by atoms with Crippen LogP contribution >= 0.6 is 22.6 Å². The van der Waals surface area contributed by atoms with Gasteiger partial charge in [-0.25, -0.2) is 0 Å². The van der Waals surface area contributed by atoms with Crippen LogP contribution in [-0.4, -0.2) is 5.91 Å². The molecule has 0 aliphatic heterocycles. The Morgan fingerprint density at radius 2 is 2.19 bits per heavy atom. The van der Waals surface area contributed by atoms with Gasteiger partial charge in [-0.15, -0.1) is 0 Å². The van der Waals surface area contributed by atoms with Crippen LogP contribution in [0.5, 0.6) is 0 Å². The van der Waals surface area contributed by atoms with E-state index in [4.69, 9.17) is 4.42 Å². The van der Waals surface area contributed by atoms with Crippen molar-refractivity contribution in [1.29, 1.82) is 0 Å². The Kier molecular flexibility index (Phi) is 3.28. The first-order valence-corrected chi connectivity index (χ1v) is 5.86. The summed E-state index contributed by atoms with van der Waals surface area (Å²) in [6.07, 6.45) is 1.51. The van der Waals surface area contributed by atoms with Crippen molar-refractivity contribution in [3.05, 3.63) is 51.5 Å². The number of anilines is 1. The van der Waals surface area contributed by atoms with Crippen molar-refractivity contribution in [1.82, 2.24) is 0 Å². The molecule has 2 aromatic rings. The van der Waals surface area contributed by atoms with Crippen molar-refractivity contribution in [2.24, 2.45) is 0 Å². The van der Waals surface area contributed by atoms with Gasteiger partial charge >= 0.3 is 0 Å². The van der Waals surface area contributed by atoms with Crippen molar-refractivity contribution in [3.8, 4) is 0 Å². The average molecular weight is 327 g/mol. The normalized spacial score (nSPS) is 10.1. The van der Waals surface area contributed by atoms with Crippen molar-refractivity contribution >= 4 is 34.2 Å². The highest BCUT2D eigenvalue weighted by atomic mass is 127. The van der Waals surface area contributed by atoms with Gasteiger partial charge in [0.25, 0.3) is 5.91 Å². The van der Waals surface area contributed by atoms with Gasteiger partial charge in [-0.1, -0.05) is 6.07 Å². The molecule has 0 spiro atoms. The molecule has 0 saturated carbocycles. The van der Waals surface area contributed by atoms with E-state index < -0.39 is 0 Å². The fraction of sp³-hybridized carbons (Fsp3) is 0.0833. The van der Waals surface area contributed by atoms with Gasteiger partial charge in [0.05, 0.1) is 11.8 Å². The van der Waals surface area contributed by atoms with E-state index in [-0.39, 0.29) is 5.91 Å². The summed E-state index contributed by atoms with van der Waals surface area (Å²) >= 11 is 2.20. The first kappa shape index (κ1) is 11.2. The van der Waals surface area contributed by atoms with Gasteiger partial charge in [0, 0.05) is 9.26 Å². The third kappa shape index (κ3) is 2.44. The van der Waals surface area contributed by atoms with Crippen molar-refractivity contribution < 1.29 is 9.21 Å². The Bertz CT molecular complexity index is 519. The minimum absolute atomic E-state index is 0.145. The second kappa shape index (κ2) is 4.69. The molecule has 0 radical (unpaired) electrons. The van der Waals surface area contributed by atoms with E-state index in [1.165, 1.54) is 6.26 Å². The number of rotatable bonds is 2. The van der Waals surface area contributed by atoms with Crippen LogP contribution in [0.1, 0.15) is 16.1 Å². The molecule has 82 valence electrons. The molecular formula is C12H10INO2. The number of amides is 1. The molecular weight excluding hydrogens is 317 g/mol. The first-order chi connectivity index (χ1) is 7.66. The summed E-state index contributed by atoms with van der Waals surface area (Å²) in [5, 5.41) is 2.82. The molecule has 1 amide bonds. The van der Waals surface area contributed by atoms with Gasteiger partial charge in [0.15, 0.2) is 0 Å². The Morgan fingerprint density at radius 1 is 1.38 bits per heavy atom. The van der Waals surface area contributed by atoms with Gasteiger partial charge in [0.2, 0.25) is 0 Å². The maximum absolute atomic E-state index is 11.8. The minimum atomic E-state index is -0.145. The highest BCUT2D eigenvalue weighted by molar-refractivity contribution is 14.1. The number of benzene rings is 1. The predicted molar refractivity (Wildman–Crippen MR) is 70.6 cm³/mol. The van der Waals surface area contributed by atoms with Crippen LogP contribution in [0.15, 0.2) is 41.0 Å². The molecule has 1 aromatic carbocycles. The minimum Gasteiger partial charge on any atom is -0.469 e. The van der Waals surface area contributed by atoms with E-state index >= 15 is 0 Å². The van der Waals surface area contributed by atoms with Gasteiger partial charge in [-0.05, 0) is 53.8 Å². The predicted octanol–water partition coefficient (Wildman–Crippen LogP) is 3.44. The van der Waals surface area contributed by atoms with Crippen LogP contribution in [0.4, 0.5) is 5.69 Å². The monoisotopic (exact) mass is 327 g/mol. The second-order valence-electron chi connectivity index (χ2n) is 3.35. The smallest absolute Gasteiger partial charge is 0.259 e. The fourth-order valence-electron chi connectivity index (χ4n) is 1.39. The van der Waals surface area contributed by atoms with Crippen LogP contribution in [0, 0.1) is 10.5 Å². The number of hydrogen-bond donors (Lipinski definition) is 1. The molecule has 0 aliphatic carbocycles. The molecule has 2 rings (SSSR count). The fourth-order valence-corrected chi connectivity index (χ4v) is 1.93. The quantitative estimate of drug-likeness (QED) is 0.859. The Morgan fingerprint density at radius 3 is 2.81 bits per heavy atom. The number of furan rings is 1. The van der Waals surface area contributed by atoms with E-state index in [0.29, 0.717) is 11.3 Å². The van der Waals surface area contributed by atoms with Crippen LogP contribution in [0.3, 0.4) is 0 Å². The molecule has 3 nitrogen and oxygen atoms in total. The van der Waals surface area contributed by atoms with Crippen molar-refractivity contribution in [2.75, 3.05) is 5.32 Å². The van der Waals surface area contributed by atoms with E-state index in [0.717, 1.165) is 9.26 Å². The van der Waals surface area contributed by atoms with Crippen LogP contribution in [0.25, 0.3) is 0 Å². The summed E-state index contributed by atoms with van der Waals surface area (Å²) in [5.41, 5.74) is 1.36. The SMILES string of the molecule is Cc1occc1C(=O)Nc1cccc(I)c1. The van der Waals surface area contributed by atoms with Crippen LogP contribution in [0.2, 0.25) is 0 Å². The highest BCUT2D eigenvalue weighted by Crippen LogP contribution is 2.15. The Labute approximate surface area is 107 Å². The summed E-state index contributed by atoms with van der Waals surface area (Å²) in [6.45, 7) is 1.77. The number of halogens is 1. The molecule has 0 atom stereocenters. The number of carbonyl (C=O) groups is 1. The molecule has 0 bridgehead atoms. The summed E-state index contributed by atoms with van der Waals surface area (Å²) in [6, 6.07) is 9.31. The zero-order valence-electron chi connectivity index (χ0n) is 8.66. The molecule has 0 saturated heterocycles. The highest BCUT2D eigenvalue weighted by Gasteiger charge is 2.11. The van der Waals surface area contributed by atoms with Crippen molar-refractivity contribution in [2.45, 2.75) is 6.92 Å². The summed E-state index contributed by atoms with van der Waals surface area (Å²) < 4.78 is 6.17. The zero-order chi connectivity index (χ0) is 11.5. The van der Waals surface area contributed by atoms with Gasteiger partial charge in [0.1, 0.15) is 5.76 Å². The average Bonchev–Trinajstić information content (AvgIpc) is 2.64. The van der Waals surface area contributed by atoms with E-state index in [2.05, 4.69) is 27.9 Å². The third-order valence-corrected chi connectivity index (χ3v) is 2.86. The summed E-state index contributed by atoms with van der Waals surface area (Å²) in [7, 11) is 0. The molecule has 0 unspecified atom stereocenters. The molecule has 1 heterocycles. The first-order valence-electron chi connectivity index (χ1n) is 4.78. The molecule has 1 aromatic heterocycles.